The van der Waals surface area contributed by atoms with E-state index in [4.69, 9.17) is 11.6 Å². The number of hydrogen-bond donors (Lipinski definition) is 0. The van der Waals surface area contributed by atoms with E-state index in [2.05, 4.69) is 6.07 Å². The second-order valence-electron chi connectivity index (χ2n) is 8.10. The van der Waals surface area contributed by atoms with Gasteiger partial charge in [0.15, 0.2) is 0 Å². The molecule has 0 spiro atoms. The molecule has 0 N–H and O–H groups in total. The molecular weight excluding hydrogens is 465 g/mol. The number of carbonyl (C=O) groups excluding carboxylic acids is 1. The summed E-state index contributed by atoms with van der Waals surface area (Å²) >= 11 is 5.94. The van der Waals surface area contributed by atoms with E-state index < -0.39 is 26.7 Å². The predicted octanol–water partition coefficient (Wildman–Crippen LogP) is 4.34. The fourth-order valence-electron chi connectivity index (χ4n) is 4.30. The van der Waals surface area contributed by atoms with Gasteiger partial charge in [-0.1, -0.05) is 35.9 Å². The topological polar surface area (TPSA) is 57.7 Å². The van der Waals surface area contributed by atoms with Crippen LogP contribution in [0.15, 0.2) is 47.4 Å². The number of carbonyl (C=O) groups is 1. The van der Waals surface area contributed by atoms with Gasteiger partial charge in [0.05, 0.1) is 10.6 Å². The number of amides is 1. The molecule has 2 aliphatic rings. The summed E-state index contributed by atoms with van der Waals surface area (Å²) in [6.45, 7) is 1.26. The van der Waals surface area contributed by atoms with Gasteiger partial charge in [-0.05, 0) is 48.6 Å². The standard InChI is InChI=1S/C22H22ClF3N2O3S/c23-19-6-5-18(22(24,25)26)13-20(19)32(30,31)28-11-8-16(9-12-28)21(29)27-10-7-15-3-1-2-4-17(15)14-27/h1-6,13,16H,7-12,14H2. The van der Waals surface area contributed by atoms with Crippen LogP contribution < -0.4 is 0 Å². The van der Waals surface area contributed by atoms with E-state index >= 15 is 0 Å². The van der Waals surface area contributed by atoms with Crippen LogP contribution in [0.2, 0.25) is 5.02 Å². The summed E-state index contributed by atoms with van der Waals surface area (Å²) in [4.78, 5) is 14.3. The predicted molar refractivity (Wildman–Crippen MR) is 113 cm³/mol. The maximum absolute atomic E-state index is 13.0. The van der Waals surface area contributed by atoms with Crippen LogP contribution in [0.1, 0.15) is 29.5 Å². The van der Waals surface area contributed by atoms with Gasteiger partial charge < -0.3 is 4.90 Å². The number of halogens is 4. The molecule has 0 unspecified atom stereocenters. The molecule has 2 heterocycles. The summed E-state index contributed by atoms with van der Waals surface area (Å²) in [6.07, 6.45) is -3.27. The molecular formula is C22H22ClF3N2O3S. The number of nitrogens with zero attached hydrogens (tertiary/aromatic N) is 2. The van der Waals surface area contributed by atoms with Crippen molar-refractivity contribution in [3.05, 3.63) is 64.2 Å². The Kier molecular flexibility index (Phi) is 6.26. The number of alkyl halides is 3. The van der Waals surface area contributed by atoms with Gasteiger partial charge in [-0.3, -0.25) is 4.79 Å². The second-order valence-corrected chi connectivity index (χ2v) is 10.4. The van der Waals surface area contributed by atoms with Crippen LogP contribution in [0.5, 0.6) is 0 Å². The van der Waals surface area contributed by atoms with Gasteiger partial charge in [0.25, 0.3) is 0 Å². The van der Waals surface area contributed by atoms with Gasteiger partial charge >= 0.3 is 6.18 Å². The van der Waals surface area contributed by atoms with Crippen molar-refractivity contribution in [2.45, 2.75) is 36.9 Å². The molecule has 0 radical (unpaired) electrons. The largest absolute Gasteiger partial charge is 0.416 e. The van der Waals surface area contributed by atoms with Crippen molar-refractivity contribution < 1.29 is 26.4 Å². The van der Waals surface area contributed by atoms with E-state index in [1.807, 2.05) is 18.2 Å². The summed E-state index contributed by atoms with van der Waals surface area (Å²) < 4.78 is 66.2. The van der Waals surface area contributed by atoms with Crippen molar-refractivity contribution in [3.8, 4) is 0 Å². The number of hydrogen-bond acceptors (Lipinski definition) is 3. The fourth-order valence-corrected chi connectivity index (χ4v) is 6.27. The highest BCUT2D eigenvalue weighted by atomic mass is 35.5. The highest BCUT2D eigenvalue weighted by Gasteiger charge is 2.37. The zero-order valence-corrected chi connectivity index (χ0v) is 18.7. The average molecular weight is 487 g/mol. The first kappa shape index (κ1) is 23.1. The van der Waals surface area contributed by atoms with Gasteiger partial charge in [-0.25, -0.2) is 8.42 Å². The summed E-state index contributed by atoms with van der Waals surface area (Å²) in [7, 11) is -4.21. The zero-order chi connectivity index (χ0) is 23.1. The molecule has 0 aliphatic carbocycles. The van der Waals surface area contributed by atoms with Crippen LogP contribution in [0, 0.1) is 5.92 Å². The van der Waals surface area contributed by atoms with E-state index in [-0.39, 0.29) is 29.9 Å². The Morgan fingerprint density at radius 2 is 1.66 bits per heavy atom. The van der Waals surface area contributed by atoms with Crippen molar-refractivity contribution >= 4 is 27.5 Å². The number of sulfonamides is 1. The van der Waals surface area contributed by atoms with Gasteiger partial charge in [-0.15, -0.1) is 0 Å². The van der Waals surface area contributed by atoms with Gasteiger partial charge in [0.2, 0.25) is 15.9 Å². The number of fused-ring (bicyclic) bond motifs is 1. The molecule has 1 amide bonds. The molecule has 5 nitrogen and oxygen atoms in total. The van der Waals surface area contributed by atoms with Crippen molar-refractivity contribution in [2.75, 3.05) is 19.6 Å². The minimum absolute atomic E-state index is 0.00588. The zero-order valence-electron chi connectivity index (χ0n) is 17.1. The van der Waals surface area contributed by atoms with Crippen molar-refractivity contribution in [1.82, 2.24) is 9.21 Å². The fraction of sp³-hybridized carbons (Fsp3) is 0.409. The molecule has 2 aromatic rings. The summed E-state index contributed by atoms with van der Waals surface area (Å²) in [6, 6.07) is 10.2. The van der Waals surface area contributed by atoms with Crippen molar-refractivity contribution in [2.24, 2.45) is 5.92 Å². The van der Waals surface area contributed by atoms with Crippen LogP contribution in [0.4, 0.5) is 13.2 Å². The Bertz CT molecular complexity index is 1130. The van der Waals surface area contributed by atoms with Gasteiger partial charge in [0, 0.05) is 32.1 Å². The number of benzene rings is 2. The van der Waals surface area contributed by atoms with E-state index in [9.17, 15) is 26.4 Å². The average Bonchev–Trinajstić information content (AvgIpc) is 2.77. The third-order valence-electron chi connectivity index (χ3n) is 6.12. The van der Waals surface area contributed by atoms with Crippen LogP contribution in [-0.2, 0) is 34.0 Å². The second kappa shape index (κ2) is 8.68. The highest BCUT2D eigenvalue weighted by Crippen LogP contribution is 2.35. The lowest BCUT2D eigenvalue weighted by Gasteiger charge is -2.35. The molecule has 2 aliphatic heterocycles. The lowest BCUT2D eigenvalue weighted by molar-refractivity contribution is -0.138. The van der Waals surface area contributed by atoms with E-state index in [1.54, 1.807) is 4.90 Å². The minimum Gasteiger partial charge on any atom is -0.338 e. The van der Waals surface area contributed by atoms with Crippen LogP contribution in [-0.4, -0.2) is 43.2 Å². The van der Waals surface area contributed by atoms with Crippen LogP contribution in [0.25, 0.3) is 0 Å². The molecule has 0 bridgehead atoms. The van der Waals surface area contributed by atoms with E-state index in [0.717, 1.165) is 28.4 Å². The lowest BCUT2D eigenvalue weighted by Crippen LogP contribution is -2.45. The Labute approximate surface area is 189 Å². The third kappa shape index (κ3) is 4.51. The molecule has 0 atom stereocenters. The Morgan fingerprint density at radius 1 is 1.00 bits per heavy atom. The third-order valence-corrected chi connectivity index (χ3v) is 8.50. The number of rotatable bonds is 3. The molecule has 32 heavy (non-hydrogen) atoms. The lowest BCUT2D eigenvalue weighted by atomic mass is 9.94. The van der Waals surface area contributed by atoms with Crippen molar-refractivity contribution in [1.29, 1.82) is 0 Å². The van der Waals surface area contributed by atoms with E-state index in [1.165, 1.54) is 5.56 Å². The first-order valence-electron chi connectivity index (χ1n) is 10.3. The SMILES string of the molecule is O=C(C1CCN(S(=O)(=O)c2cc(C(F)(F)F)ccc2Cl)CC1)N1CCc2ccccc2C1. The Morgan fingerprint density at radius 3 is 2.31 bits per heavy atom. The smallest absolute Gasteiger partial charge is 0.338 e. The molecule has 1 saturated heterocycles. The quantitative estimate of drug-likeness (QED) is 0.648. The van der Waals surface area contributed by atoms with Gasteiger partial charge in [-0.2, -0.15) is 17.5 Å². The van der Waals surface area contributed by atoms with Gasteiger partial charge in [0.1, 0.15) is 4.90 Å². The monoisotopic (exact) mass is 486 g/mol. The molecule has 0 saturated carbocycles. The molecule has 172 valence electrons. The summed E-state index contributed by atoms with van der Waals surface area (Å²) in [5.74, 6) is -0.322. The maximum Gasteiger partial charge on any atom is 0.416 e. The molecule has 4 rings (SSSR count). The Hall–Kier alpha value is -2.10. The summed E-state index contributed by atoms with van der Waals surface area (Å²) in [5.41, 5.74) is 1.28. The molecule has 10 heteroatoms. The first-order chi connectivity index (χ1) is 15.1. The molecule has 1 fully saturated rings. The Balaban J connectivity index is 1.44. The molecule has 0 aromatic heterocycles. The van der Waals surface area contributed by atoms with Crippen LogP contribution in [0.3, 0.4) is 0 Å². The summed E-state index contributed by atoms with van der Waals surface area (Å²) in [5, 5.41) is -0.261. The van der Waals surface area contributed by atoms with E-state index in [0.29, 0.717) is 32.0 Å². The normalized spacial score (nSPS) is 18.4. The first-order valence-corrected chi connectivity index (χ1v) is 12.1. The highest BCUT2D eigenvalue weighted by molar-refractivity contribution is 7.89. The minimum atomic E-state index is -4.68. The molecule has 2 aromatic carbocycles. The number of piperidine rings is 1. The van der Waals surface area contributed by atoms with Crippen molar-refractivity contribution in [3.63, 3.8) is 0 Å². The maximum atomic E-state index is 13.0. The van der Waals surface area contributed by atoms with Crippen LogP contribution >= 0.6 is 11.6 Å².